The Morgan fingerprint density at radius 2 is 2.06 bits per heavy atom. The van der Waals surface area contributed by atoms with E-state index in [0.717, 1.165) is 15.7 Å². The Balaban J connectivity index is 2.30. The van der Waals surface area contributed by atoms with Gasteiger partial charge in [-0.05, 0) is 23.4 Å². The van der Waals surface area contributed by atoms with Crippen LogP contribution in [0.5, 0.6) is 0 Å². The molecule has 0 saturated heterocycles. The molecule has 0 bridgehead atoms. The molecular weight excluding hydrogens is 262 g/mol. The zero-order valence-electron chi connectivity index (χ0n) is 10.2. The van der Waals surface area contributed by atoms with Crippen molar-refractivity contribution < 1.29 is 0 Å². The van der Waals surface area contributed by atoms with E-state index in [2.05, 4.69) is 35.1 Å². The lowest BCUT2D eigenvalue weighted by Gasteiger charge is -2.11. The van der Waals surface area contributed by atoms with Crippen LogP contribution < -0.4 is 5.73 Å². The van der Waals surface area contributed by atoms with Gasteiger partial charge in [0.1, 0.15) is 5.03 Å². The van der Waals surface area contributed by atoms with Crippen molar-refractivity contribution in [2.45, 2.75) is 28.3 Å². The Kier molecular flexibility index (Phi) is 5.04. The molecule has 2 N–H and O–H groups in total. The van der Waals surface area contributed by atoms with Gasteiger partial charge in [-0.2, -0.15) is 0 Å². The molecule has 0 spiro atoms. The zero-order valence-corrected chi connectivity index (χ0v) is 11.8. The summed E-state index contributed by atoms with van der Waals surface area (Å²) in [6.07, 6.45) is 5.15. The summed E-state index contributed by atoms with van der Waals surface area (Å²) >= 11 is 3.43. The number of nitrogens with two attached hydrogens (primary N) is 1. The van der Waals surface area contributed by atoms with Crippen molar-refractivity contribution in [2.75, 3.05) is 5.75 Å². The van der Waals surface area contributed by atoms with Gasteiger partial charge in [-0.1, -0.05) is 24.8 Å². The second kappa shape index (κ2) is 6.78. The van der Waals surface area contributed by atoms with Crippen LogP contribution in [0, 0.1) is 0 Å². The number of benzene rings is 1. The average Bonchev–Trinajstić information content (AvgIpc) is 2.41. The lowest BCUT2D eigenvalue weighted by atomic mass is 10.2. The Bertz CT molecular complexity index is 503. The topological polar surface area (TPSA) is 51.8 Å². The van der Waals surface area contributed by atoms with Crippen molar-refractivity contribution in [1.82, 2.24) is 9.97 Å². The first-order valence-corrected chi connectivity index (χ1v) is 7.54. The fraction of sp³-hybridized carbons (Fsp3) is 0.231. The summed E-state index contributed by atoms with van der Waals surface area (Å²) in [6, 6.07) is 6.27. The smallest absolute Gasteiger partial charge is 0.119 e. The van der Waals surface area contributed by atoms with Crippen molar-refractivity contribution in [2.24, 2.45) is 5.73 Å². The molecule has 1 aromatic heterocycles. The van der Waals surface area contributed by atoms with Gasteiger partial charge in [0.2, 0.25) is 0 Å². The molecule has 1 aromatic carbocycles. The number of aromatic nitrogens is 2. The third kappa shape index (κ3) is 3.25. The van der Waals surface area contributed by atoms with E-state index in [9.17, 15) is 0 Å². The van der Waals surface area contributed by atoms with E-state index in [1.54, 1.807) is 30.4 Å². The van der Waals surface area contributed by atoms with Gasteiger partial charge in [0.15, 0.2) is 0 Å². The lowest BCUT2D eigenvalue weighted by Crippen LogP contribution is -2.01. The summed E-state index contributed by atoms with van der Waals surface area (Å²) in [5.41, 5.74) is 7.07. The molecule has 2 aromatic rings. The Morgan fingerprint density at radius 3 is 2.72 bits per heavy atom. The molecular formula is C13H15N3S2. The molecule has 1 heterocycles. The molecule has 0 fully saturated rings. The maximum absolute atomic E-state index is 5.87. The monoisotopic (exact) mass is 277 g/mol. The van der Waals surface area contributed by atoms with Crippen LogP contribution in [0.3, 0.4) is 0 Å². The van der Waals surface area contributed by atoms with E-state index >= 15 is 0 Å². The summed E-state index contributed by atoms with van der Waals surface area (Å²) in [7, 11) is 0. The maximum atomic E-state index is 5.87. The van der Waals surface area contributed by atoms with Crippen LogP contribution in [0.25, 0.3) is 0 Å². The first kappa shape index (κ1) is 13.4. The van der Waals surface area contributed by atoms with Gasteiger partial charge in [-0.15, -0.1) is 11.8 Å². The quantitative estimate of drug-likeness (QED) is 0.851. The summed E-state index contributed by atoms with van der Waals surface area (Å²) in [5.74, 6) is 1.05. The zero-order chi connectivity index (χ0) is 12.8. The molecule has 94 valence electrons. The number of nitrogens with zero attached hydrogens (tertiary/aromatic N) is 2. The van der Waals surface area contributed by atoms with Crippen molar-refractivity contribution in [3.05, 3.63) is 42.4 Å². The lowest BCUT2D eigenvalue weighted by molar-refractivity contribution is 0.975. The molecule has 0 aliphatic rings. The molecule has 0 aliphatic carbocycles. The Morgan fingerprint density at radius 1 is 1.22 bits per heavy atom. The largest absolute Gasteiger partial charge is 0.326 e. The van der Waals surface area contributed by atoms with E-state index in [1.165, 1.54) is 10.5 Å². The van der Waals surface area contributed by atoms with Crippen LogP contribution >= 0.6 is 23.5 Å². The van der Waals surface area contributed by atoms with Gasteiger partial charge < -0.3 is 5.73 Å². The minimum atomic E-state index is 0.547. The molecule has 2 rings (SSSR count). The average molecular weight is 277 g/mol. The van der Waals surface area contributed by atoms with Gasteiger partial charge >= 0.3 is 0 Å². The Hall–Kier alpha value is -1.04. The third-order valence-corrected chi connectivity index (χ3v) is 4.35. The maximum Gasteiger partial charge on any atom is 0.119 e. The molecule has 0 radical (unpaired) electrons. The molecule has 0 aliphatic heterocycles. The summed E-state index contributed by atoms with van der Waals surface area (Å²) < 4.78 is 0. The number of hydrogen-bond acceptors (Lipinski definition) is 5. The molecule has 0 amide bonds. The summed E-state index contributed by atoms with van der Waals surface area (Å²) in [4.78, 5) is 10.8. The first-order chi connectivity index (χ1) is 8.85. The van der Waals surface area contributed by atoms with E-state index in [-0.39, 0.29) is 0 Å². The van der Waals surface area contributed by atoms with Gasteiger partial charge in [0.25, 0.3) is 0 Å². The highest BCUT2D eigenvalue weighted by atomic mass is 32.2. The predicted octanol–water partition coefficient (Wildman–Crippen LogP) is 3.20. The van der Waals surface area contributed by atoms with Crippen LogP contribution in [-0.4, -0.2) is 15.7 Å². The van der Waals surface area contributed by atoms with Gasteiger partial charge in [-0.3, -0.25) is 4.98 Å². The molecule has 0 saturated carbocycles. The highest BCUT2D eigenvalue weighted by Crippen LogP contribution is 2.34. The third-order valence-electron chi connectivity index (χ3n) is 2.35. The van der Waals surface area contributed by atoms with E-state index in [1.807, 2.05) is 11.8 Å². The molecule has 18 heavy (non-hydrogen) atoms. The predicted molar refractivity (Wildman–Crippen MR) is 76.9 cm³/mol. The van der Waals surface area contributed by atoms with Crippen LogP contribution in [-0.2, 0) is 6.54 Å². The van der Waals surface area contributed by atoms with Crippen LogP contribution in [0.2, 0.25) is 0 Å². The van der Waals surface area contributed by atoms with E-state index < -0.39 is 0 Å². The number of rotatable bonds is 5. The number of thioether (sulfide) groups is 1. The van der Waals surface area contributed by atoms with E-state index in [4.69, 9.17) is 5.73 Å². The van der Waals surface area contributed by atoms with Gasteiger partial charge in [-0.25, -0.2) is 4.98 Å². The van der Waals surface area contributed by atoms with Crippen LogP contribution in [0.15, 0.2) is 51.6 Å². The summed E-state index contributed by atoms with van der Waals surface area (Å²) in [6.45, 7) is 2.69. The minimum Gasteiger partial charge on any atom is -0.326 e. The molecule has 5 heteroatoms. The van der Waals surface area contributed by atoms with Crippen LogP contribution in [0.4, 0.5) is 0 Å². The van der Waals surface area contributed by atoms with Crippen molar-refractivity contribution >= 4 is 23.5 Å². The Labute approximate surface area is 116 Å². The second-order valence-electron chi connectivity index (χ2n) is 3.52. The van der Waals surface area contributed by atoms with Gasteiger partial charge in [0, 0.05) is 28.7 Å². The fourth-order valence-corrected chi connectivity index (χ4v) is 3.42. The van der Waals surface area contributed by atoms with E-state index in [0.29, 0.717) is 6.54 Å². The first-order valence-electron chi connectivity index (χ1n) is 5.73. The highest BCUT2D eigenvalue weighted by molar-refractivity contribution is 8.00. The molecule has 3 nitrogen and oxygen atoms in total. The van der Waals surface area contributed by atoms with Crippen molar-refractivity contribution in [1.29, 1.82) is 0 Å². The normalized spacial score (nSPS) is 10.6. The van der Waals surface area contributed by atoms with Crippen LogP contribution in [0.1, 0.15) is 12.5 Å². The SMILES string of the molecule is CCSc1cccc(Sc2cnccn2)c1CN. The van der Waals surface area contributed by atoms with Crippen molar-refractivity contribution in [3.63, 3.8) is 0 Å². The second-order valence-corrected chi connectivity index (χ2v) is 5.88. The highest BCUT2D eigenvalue weighted by Gasteiger charge is 2.09. The minimum absolute atomic E-state index is 0.547. The fourth-order valence-electron chi connectivity index (χ4n) is 1.58. The van der Waals surface area contributed by atoms with Gasteiger partial charge in [0.05, 0.1) is 6.20 Å². The molecule has 0 atom stereocenters. The number of hydrogen-bond donors (Lipinski definition) is 1. The molecule has 0 unspecified atom stereocenters. The standard InChI is InChI=1S/C13H15N3S2/c1-2-17-11-4-3-5-12(10(11)8-14)18-13-9-15-6-7-16-13/h3-7,9H,2,8,14H2,1H3. The summed E-state index contributed by atoms with van der Waals surface area (Å²) in [5, 5.41) is 0.894. The van der Waals surface area contributed by atoms with Crippen molar-refractivity contribution in [3.8, 4) is 0 Å².